The van der Waals surface area contributed by atoms with Crippen LogP contribution in [-0.4, -0.2) is 35.2 Å². The van der Waals surface area contributed by atoms with Gasteiger partial charge in [-0.3, -0.25) is 4.79 Å². The van der Waals surface area contributed by atoms with E-state index in [9.17, 15) is 4.79 Å². The minimum absolute atomic E-state index is 0.0245. The molecule has 0 fully saturated rings. The zero-order valence-electron chi connectivity index (χ0n) is 9.79. The van der Waals surface area contributed by atoms with Gasteiger partial charge in [0.1, 0.15) is 5.03 Å². The molecule has 5 nitrogen and oxygen atoms in total. The fraction of sp³-hybridized carbons (Fsp3) is 0.500. The maximum absolute atomic E-state index is 11.1. The maximum atomic E-state index is 11.1. The lowest BCUT2D eigenvalue weighted by Crippen LogP contribution is -2.19. The minimum atomic E-state index is -0.0245. The third kappa shape index (κ3) is 4.91. The van der Waals surface area contributed by atoms with Crippen LogP contribution in [0, 0.1) is 0 Å². The average molecular weight is 319 g/mol. The van der Waals surface area contributed by atoms with Gasteiger partial charge in [-0.25, -0.2) is 9.97 Å². The summed E-state index contributed by atoms with van der Waals surface area (Å²) in [4.78, 5) is 19.6. The van der Waals surface area contributed by atoms with Gasteiger partial charge < -0.3 is 10.6 Å². The molecule has 2 N–H and O–H groups in total. The fourth-order valence-electron chi connectivity index (χ4n) is 0.981. The first kappa shape index (κ1) is 14.2. The van der Waals surface area contributed by atoms with Crippen LogP contribution in [0.3, 0.4) is 0 Å². The molecule has 0 atom stereocenters. The Kier molecular flexibility index (Phi) is 6.28. The Balaban J connectivity index is 2.65. The molecule has 7 heteroatoms. The summed E-state index contributed by atoms with van der Waals surface area (Å²) >= 11 is 4.74. The van der Waals surface area contributed by atoms with E-state index in [2.05, 4.69) is 43.5 Å². The second kappa shape index (κ2) is 7.50. The highest BCUT2D eigenvalue weighted by Gasteiger charge is 2.07. The minimum Gasteiger partial charge on any atom is -0.358 e. The summed E-state index contributed by atoms with van der Waals surface area (Å²) in [5.41, 5.74) is 0. The number of halogens is 1. The lowest BCUT2D eigenvalue weighted by Gasteiger charge is -2.06. The van der Waals surface area contributed by atoms with Gasteiger partial charge in [0.05, 0.1) is 10.2 Å². The van der Waals surface area contributed by atoms with E-state index >= 15 is 0 Å². The van der Waals surface area contributed by atoms with Gasteiger partial charge in [-0.15, -0.1) is 0 Å². The standard InChI is InChI=1S/C10H15BrN4OS/c1-3-4-13-10-14-5-7(11)9(15-10)17-6-8(16)12-2/h5H,3-4,6H2,1-2H3,(H,12,16)(H,13,14,15). The molecular weight excluding hydrogens is 304 g/mol. The molecule has 0 unspecified atom stereocenters. The van der Waals surface area contributed by atoms with Crippen LogP contribution in [0.1, 0.15) is 13.3 Å². The molecule has 1 rings (SSSR count). The van der Waals surface area contributed by atoms with Crippen molar-refractivity contribution < 1.29 is 4.79 Å². The lowest BCUT2D eigenvalue weighted by atomic mass is 10.5. The van der Waals surface area contributed by atoms with E-state index in [4.69, 9.17) is 0 Å². The first-order chi connectivity index (χ1) is 8.17. The molecule has 0 aliphatic carbocycles. The first-order valence-corrected chi connectivity index (χ1v) is 7.05. The van der Waals surface area contributed by atoms with Gasteiger partial charge in [0.15, 0.2) is 0 Å². The Labute approximate surface area is 113 Å². The van der Waals surface area contributed by atoms with Gasteiger partial charge in [0, 0.05) is 19.8 Å². The van der Waals surface area contributed by atoms with E-state index in [1.54, 1.807) is 13.2 Å². The van der Waals surface area contributed by atoms with Crippen molar-refractivity contribution in [1.82, 2.24) is 15.3 Å². The largest absolute Gasteiger partial charge is 0.358 e. The molecule has 1 heterocycles. The van der Waals surface area contributed by atoms with Crippen molar-refractivity contribution in [3.05, 3.63) is 10.7 Å². The van der Waals surface area contributed by atoms with E-state index in [-0.39, 0.29) is 5.91 Å². The highest BCUT2D eigenvalue weighted by atomic mass is 79.9. The summed E-state index contributed by atoms with van der Waals surface area (Å²) in [6, 6.07) is 0. The van der Waals surface area contributed by atoms with Crippen molar-refractivity contribution in [2.24, 2.45) is 0 Å². The maximum Gasteiger partial charge on any atom is 0.230 e. The molecule has 94 valence electrons. The molecule has 0 spiro atoms. The Bertz CT molecular complexity index is 389. The number of rotatable bonds is 6. The predicted octanol–water partition coefficient (Wildman–Crippen LogP) is 1.90. The van der Waals surface area contributed by atoms with Crippen LogP contribution in [0.25, 0.3) is 0 Å². The van der Waals surface area contributed by atoms with Crippen LogP contribution in [0.4, 0.5) is 5.95 Å². The summed E-state index contributed by atoms with van der Waals surface area (Å²) in [5, 5.41) is 6.44. The number of aromatic nitrogens is 2. The fourth-order valence-corrected chi connectivity index (χ4v) is 2.27. The molecule has 0 aliphatic rings. The number of thioether (sulfide) groups is 1. The van der Waals surface area contributed by atoms with Crippen molar-refractivity contribution in [3.8, 4) is 0 Å². The van der Waals surface area contributed by atoms with E-state index < -0.39 is 0 Å². The summed E-state index contributed by atoms with van der Waals surface area (Å²) in [6.07, 6.45) is 2.71. The Morgan fingerprint density at radius 3 is 3.00 bits per heavy atom. The number of amides is 1. The monoisotopic (exact) mass is 318 g/mol. The molecule has 17 heavy (non-hydrogen) atoms. The Hall–Kier alpha value is -0.820. The first-order valence-electron chi connectivity index (χ1n) is 5.27. The Morgan fingerprint density at radius 2 is 2.35 bits per heavy atom. The van der Waals surface area contributed by atoms with Crippen molar-refractivity contribution in [2.45, 2.75) is 18.4 Å². The molecule has 0 saturated heterocycles. The summed E-state index contributed by atoms with van der Waals surface area (Å²) < 4.78 is 0.799. The molecular formula is C10H15BrN4OS. The second-order valence-corrected chi connectivity index (χ2v) is 5.05. The van der Waals surface area contributed by atoms with Crippen LogP contribution in [0.5, 0.6) is 0 Å². The zero-order chi connectivity index (χ0) is 12.7. The van der Waals surface area contributed by atoms with Crippen LogP contribution in [0.2, 0.25) is 0 Å². The van der Waals surface area contributed by atoms with Crippen molar-refractivity contribution in [2.75, 3.05) is 24.7 Å². The normalized spacial score (nSPS) is 10.1. The smallest absolute Gasteiger partial charge is 0.230 e. The van der Waals surface area contributed by atoms with Gasteiger partial charge >= 0.3 is 0 Å². The van der Waals surface area contributed by atoms with Crippen LogP contribution >= 0.6 is 27.7 Å². The predicted molar refractivity (Wildman–Crippen MR) is 73.3 cm³/mol. The molecule has 0 aliphatic heterocycles. The number of hydrogen-bond donors (Lipinski definition) is 2. The van der Waals surface area contributed by atoms with Gasteiger partial charge in [-0.05, 0) is 22.4 Å². The number of nitrogens with one attached hydrogen (secondary N) is 2. The van der Waals surface area contributed by atoms with E-state index in [1.807, 2.05) is 0 Å². The van der Waals surface area contributed by atoms with E-state index in [0.29, 0.717) is 11.7 Å². The van der Waals surface area contributed by atoms with Crippen LogP contribution < -0.4 is 10.6 Å². The summed E-state index contributed by atoms with van der Waals surface area (Å²) in [7, 11) is 1.62. The highest BCUT2D eigenvalue weighted by molar-refractivity contribution is 9.10. The van der Waals surface area contributed by atoms with Crippen LogP contribution in [0.15, 0.2) is 15.7 Å². The Morgan fingerprint density at radius 1 is 1.59 bits per heavy atom. The summed E-state index contributed by atoms with van der Waals surface area (Å²) in [6.45, 7) is 2.91. The quantitative estimate of drug-likeness (QED) is 0.619. The molecule has 0 radical (unpaired) electrons. The molecule has 1 amide bonds. The number of carbonyl (C=O) groups is 1. The molecule has 1 aromatic heterocycles. The second-order valence-electron chi connectivity index (χ2n) is 3.24. The average Bonchev–Trinajstić information content (AvgIpc) is 2.35. The third-order valence-electron chi connectivity index (χ3n) is 1.86. The topological polar surface area (TPSA) is 66.9 Å². The van der Waals surface area contributed by atoms with Crippen molar-refractivity contribution in [1.29, 1.82) is 0 Å². The van der Waals surface area contributed by atoms with Crippen molar-refractivity contribution in [3.63, 3.8) is 0 Å². The highest BCUT2D eigenvalue weighted by Crippen LogP contribution is 2.25. The van der Waals surface area contributed by atoms with E-state index in [1.165, 1.54) is 11.8 Å². The number of hydrogen-bond acceptors (Lipinski definition) is 5. The van der Waals surface area contributed by atoms with Gasteiger partial charge in [0.2, 0.25) is 11.9 Å². The molecule has 0 aromatic carbocycles. The van der Waals surface area contributed by atoms with E-state index in [0.717, 1.165) is 22.5 Å². The zero-order valence-corrected chi connectivity index (χ0v) is 12.2. The third-order valence-corrected chi connectivity index (χ3v) is 3.70. The SMILES string of the molecule is CCCNc1ncc(Br)c(SCC(=O)NC)n1. The molecule has 0 bridgehead atoms. The lowest BCUT2D eigenvalue weighted by molar-refractivity contribution is -0.118. The number of anilines is 1. The van der Waals surface area contributed by atoms with Crippen LogP contribution in [-0.2, 0) is 4.79 Å². The van der Waals surface area contributed by atoms with Gasteiger partial charge in [0.25, 0.3) is 0 Å². The number of nitrogens with zero attached hydrogens (tertiary/aromatic N) is 2. The molecule has 1 aromatic rings. The number of carbonyl (C=O) groups excluding carboxylic acids is 1. The van der Waals surface area contributed by atoms with Gasteiger partial charge in [-0.1, -0.05) is 18.7 Å². The summed E-state index contributed by atoms with van der Waals surface area (Å²) in [5.74, 6) is 0.914. The van der Waals surface area contributed by atoms with Gasteiger partial charge in [-0.2, -0.15) is 0 Å². The van der Waals surface area contributed by atoms with Crippen molar-refractivity contribution >= 4 is 39.5 Å². The molecule has 0 saturated carbocycles.